The minimum absolute atomic E-state index is 0.0285. The summed E-state index contributed by atoms with van der Waals surface area (Å²) in [5.41, 5.74) is 0.249. The van der Waals surface area contributed by atoms with Crippen LogP contribution in [0.15, 0.2) is 12.1 Å². The molecule has 0 aliphatic rings. The van der Waals surface area contributed by atoms with Gasteiger partial charge >= 0.3 is 11.9 Å². The van der Waals surface area contributed by atoms with Crippen LogP contribution in [0.5, 0.6) is 5.75 Å². The van der Waals surface area contributed by atoms with Crippen molar-refractivity contribution in [2.24, 2.45) is 0 Å². The topological polar surface area (TPSA) is 83.8 Å². The average Bonchev–Trinajstić information content (AvgIpc) is 2.26. The van der Waals surface area contributed by atoms with Crippen LogP contribution in [0.1, 0.15) is 33.2 Å². The highest BCUT2D eigenvalue weighted by Crippen LogP contribution is 2.23. The van der Waals surface area contributed by atoms with Crippen molar-refractivity contribution in [2.75, 3.05) is 7.11 Å². The Labute approximate surface area is 92.3 Å². The molecule has 1 aromatic carbocycles. The van der Waals surface area contributed by atoms with Crippen LogP contribution < -0.4 is 4.74 Å². The van der Waals surface area contributed by atoms with Gasteiger partial charge in [0.25, 0.3) is 0 Å². The van der Waals surface area contributed by atoms with Crippen molar-refractivity contribution in [2.45, 2.75) is 13.3 Å². The third-order valence-corrected chi connectivity index (χ3v) is 2.27. The molecule has 0 spiro atoms. The highest BCUT2D eigenvalue weighted by molar-refractivity contribution is 5.97. The number of ether oxygens (including phenoxy) is 1. The lowest BCUT2D eigenvalue weighted by atomic mass is 9.98. The monoisotopic (exact) mass is 224 g/mol. The quantitative estimate of drug-likeness (QED) is 0.812. The van der Waals surface area contributed by atoms with Crippen molar-refractivity contribution < 1.29 is 24.5 Å². The van der Waals surface area contributed by atoms with Gasteiger partial charge in [-0.15, -0.1) is 0 Å². The molecule has 16 heavy (non-hydrogen) atoms. The minimum atomic E-state index is -1.15. The fourth-order valence-corrected chi connectivity index (χ4v) is 1.53. The van der Waals surface area contributed by atoms with Gasteiger partial charge in [-0.2, -0.15) is 0 Å². The maximum absolute atomic E-state index is 11.0. The Morgan fingerprint density at radius 1 is 1.19 bits per heavy atom. The molecule has 0 unspecified atom stereocenters. The summed E-state index contributed by atoms with van der Waals surface area (Å²) in [7, 11) is 1.36. The number of aromatic carboxylic acids is 2. The molecule has 0 aromatic heterocycles. The van der Waals surface area contributed by atoms with Crippen molar-refractivity contribution >= 4 is 11.9 Å². The van der Waals surface area contributed by atoms with Gasteiger partial charge in [0.2, 0.25) is 0 Å². The summed E-state index contributed by atoms with van der Waals surface area (Å²) in [6.07, 6.45) is 0.341. The van der Waals surface area contributed by atoms with E-state index in [9.17, 15) is 9.59 Å². The Morgan fingerprint density at radius 2 is 1.62 bits per heavy atom. The summed E-state index contributed by atoms with van der Waals surface area (Å²) < 4.78 is 4.87. The smallest absolute Gasteiger partial charge is 0.336 e. The summed E-state index contributed by atoms with van der Waals surface area (Å²) in [6, 6.07) is 2.65. The van der Waals surface area contributed by atoms with Crippen LogP contribution >= 0.6 is 0 Å². The molecule has 0 saturated heterocycles. The van der Waals surface area contributed by atoms with Gasteiger partial charge in [-0.25, -0.2) is 9.59 Å². The van der Waals surface area contributed by atoms with Crippen LogP contribution in [0.2, 0.25) is 0 Å². The Bertz CT molecular complexity index is 401. The van der Waals surface area contributed by atoms with Crippen LogP contribution in [0, 0.1) is 0 Å². The number of methoxy groups -OCH3 is 1. The van der Waals surface area contributed by atoms with Gasteiger partial charge in [-0.1, -0.05) is 6.92 Å². The van der Waals surface area contributed by atoms with Gasteiger partial charge in [-0.05, 0) is 24.1 Å². The van der Waals surface area contributed by atoms with Crippen molar-refractivity contribution in [1.29, 1.82) is 0 Å². The van der Waals surface area contributed by atoms with E-state index in [4.69, 9.17) is 14.9 Å². The molecule has 0 atom stereocenters. The Hall–Kier alpha value is -2.04. The molecule has 0 aliphatic heterocycles. The number of rotatable bonds is 4. The SMILES string of the molecule is CCc1c(C(=O)O)cc(OC)cc1C(=O)O. The fraction of sp³-hybridized carbons (Fsp3) is 0.273. The van der Waals surface area contributed by atoms with Crippen LogP contribution in [-0.2, 0) is 6.42 Å². The standard InChI is InChI=1S/C11H12O5/c1-3-7-8(10(12)13)4-6(16-2)5-9(7)11(14)15/h4-5H,3H2,1-2H3,(H,12,13)(H,14,15). The molecule has 0 heterocycles. The average molecular weight is 224 g/mol. The first kappa shape index (κ1) is 12.0. The first-order valence-electron chi connectivity index (χ1n) is 4.68. The molecule has 0 amide bonds. The van der Waals surface area contributed by atoms with Gasteiger partial charge in [0, 0.05) is 0 Å². The van der Waals surface area contributed by atoms with Crippen LogP contribution in [-0.4, -0.2) is 29.3 Å². The summed E-state index contributed by atoms with van der Waals surface area (Å²) in [5.74, 6) is -2.08. The molecule has 1 rings (SSSR count). The Morgan fingerprint density at radius 3 is 1.88 bits per heavy atom. The second kappa shape index (κ2) is 4.65. The van der Waals surface area contributed by atoms with Crippen molar-refractivity contribution in [1.82, 2.24) is 0 Å². The lowest BCUT2D eigenvalue weighted by Gasteiger charge is -2.10. The van der Waals surface area contributed by atoms with Gasteiger partial charge in [0.05, 0.1) is 18.2 Å². The predicted molar refractivity (Wildman–Crippen MR) is 56.3 cm³/mol. The van der Waals surface area contributed by atoms with Crippen LogP contribution in [0.25, 0.3) is 0 Å². The maximum Gasteiger partial charge on any atom is 0.336 e. The van der Waals surface area contributed by atoms with Gasteiger partial charge in [-0.3, -0.25) is 0 Å². The van der Waals surface area contributed by atoms with Crippen molar-refractivity contribution in [3.63, 3.8) is 0 Å². The number of hydrogen-bond acceptors (Lipinski definition) is 3. The minimum Gasteiger partial charge on any atom is -0.497 e. The van der Waals surface area contributed by atoms with E-state index >= 15 is 0 Å². The molecular formula is C11H12O5. The maximum atomic E-state index is 11.0. The third-order valence-electron chi connectivity index (χ3n) is 2.27. The van der Waals surface area contributed by atoms with Crippen LogP contribution in [0.4, 0.5) is 0 Å². The lowest BCUT2D eigenvalue weighted by Crippen LogP contribution is -2.10. The fourth-order valence-electron chi connectivity index (χ4n) is 1.53. The molecule has 0 saturated carbocycles. The Kier molecular flexibility index (Phi) is 3.50. The number of carboxylic acid groups (broad SMARTS) is 2. The predicted octanol–water partition coefficient (Wildman–Crippen LogP) is 1.65. The summed E-state index contributed by atoms with van der Waals surface area (Å²) >= 11 is 0. The molecule has 5 heteroatoms. The Balaban J connectivity index is 3.52. The third kappa shape index (κ3) is 2.13. The second-order valence-corrected chi connectivity index (χ2v) is 3.16. The number of carbonyl (C=O) groups is 2. The summed E-state index contributed by atoms with van der Waals surface area (Å²) in [5, 5.41) is 17.9. The van der Waals surface area contributed by atoms with Gasteiger partial charge in [0.15, 0.2) is 0 Å². The molecule has 0 bridgehead atoms. The van der Waals surface area contributed by atoms with E-state index in [0.29, 0.717) is 12.0 Å². The van der Waals surface area contributed by atoms with Crippen molar-refractivity contribution in [3.05, 3.63) is 28.8 Å². The highest BCUT2D eigenvalue weighted by Gasteiger charge is 2.19. The van der Waals surface area contributed by atoms with E-state index in [2.05, 4.69) is 0 Å². The van der Waals surface area contributed by atoms with E-state index in [0.717, 1.165) is 0 Å². The number of carboxylic acids is 2. The zero-order chi connectivity index (χ0) is 12.3. The first-order chi connectivity index (χ1) is 7.51. The molecular weight excluding hydrogens is 212 g/mol. The van der Waals surface area contributed by atoms with Gasteiger partial charge in [0.1, 0.15) is 5.75 Å². The van der Waals surface area contributed by atoms with E-state index in [1.165, 1.54) is 19.2 Å². The van der Waals surface area contributed by atoms with E-state index in [1.807, 2.05) is 0 Å². The molecule has 5 nitrogen and oxygen atoms in total. The van der Waals surface area contributed by atoms with E-state index < -0.39 is 11.9 Å². The number of benzene rings is 1. The molecule has 2 N–H and O–H groups in total. The summed E-state index contributed by atoms with van der Waals surface area (Å²) in [6.45, 7) is 1.71. The molecule has 0 radical (unpaired) electrons. The molecule has 0 aliphatic carbocycles. The highest BCUT2D eigenvalue weighted by atomic mass is 16.5. The number of hydrogen-bond donors (Lipinski definition) is 2. The zero-order valence-corrected chi connectivity index (χ0v) is 8.98. The molecule has 1 aromatic rings. The normalized spacial score (nSPS) is 9.88. The van der Waals surface area contributed by atoms with E-state index in [-0.39, 0.29) is 16.9 Å². The largest absolute Gasteiger partial charge is 0.497 e. The van der Waals surface area contributed by atoms with Gasteiger partial charge < -0.3 is 14.9 Å². The summed E-state index contributed by atoms with van der Waals surface area (Å²) in [4.78, 5) is 22.0. The van der Waals surface area contributed by atoms with Crippen LogP contribution in [0.3, 0.4) is 0 Å². The second-order valence-electron chi connectivity index (χ2n) is 3.16. The zero-order valence-electron chi connectivity index (χ0n) is 8.98. The van der Waals surface area contributed by atoms with Crippen molar-refractivity contribution in [3.8, 4) is 5.75 Å². The molecule has 86 valence electrons. The lowest BCUT2D eigenvalue weighted by molar-refractivity contribution is 0.0695. The van der Waals surface area contributed by atoms with E-state index in [1.54, 1.807) is 6.92 Å². The first-order valence-corrected chi connectivity index (χ1v) is 4.68. The molecule has 0 fully saturated rings.